The first kappa shape index (κ1) is 15.6. The molecule has 16 heavy (non-hydrogen) atoms. The lowest BCUT2D eigenvalue weighted by Gasteiger charge is -2.13. The van der Waals surface area contributed by atoms with Gasteiger partial charge in [-0.25, -0.2) is 0 Å². The maximum absolute atomic E-state index is 11.3. The SMILES string of the molecule is CC(N)=NCCCC[C@@H](NP)C(=O)OCCl. The number of nitrogens with one attached hydrogen (secondary N) is 1. The van der Waals surface area contributed by atoms with Gasteiger partial charge < -0.3 is 10.5 Å². The first-order chi connectivity index (χ1) is 7.61. The molecule has 5 nitrogen and oxygen atoms in total. The largest absolute Gasteiger partial charge is 0.448 e. The standard InChI is InChI=1S/C9H19ClN3O2P/c1-7(11)12-5-3-2-4-8(13-16)9(14)15-6-10/h8,13H,2-6,16H2,1H3,(H2,11,12)/t8-/m1/s1. The average Bonchev–Trinajstić information content (AvgIpc) is 2.23. The van der Waals surface area contributed by atoms with Crippen LogP contribution in [-0.2, 0) is 9.53 Å². The van der Waals surface area contributed by atoms with E-state index in [0.717, 1.165) is 12.8 Å². The molecule has 0 heterocycles. The van der Waals surface area contributed by atoms with Gasteiger partial charge in [0.1, 0.15) is 6.04 Å². The van der Waals surface area contributed by atoms with Crippen LogP contribution in [0.5, 0.6) is 0 Å². The third-order valence-electron chi connectivity index (χ3n) is 1.94. The molecule has 0 aromatic rings. The number of carbonyl (C=O) groups is 1. The number of carbonyl (C=O) groups excluding carboxylic acids is 1. The van der Waals surface area contributed by atoms with Crippen molar-refractivity contribution in [2.45, 2.75) is 32.2 Å². The Morgan fingerprint density at radius 3 is 2.81 bits per heavy atom. The summed E-state index contributed by atoms with van der Waals surface area (Å²) < 4.78 is 4.69. The predicted molar refractivity (Wildman–Crippen MR) is 69.5 cm³/mol. The molecule has 0 aromatic carbocycles. The van der Waals surface area contributed by atoms with Gasteiger partial charge in [0.2, 0.25) is 0 Å². The molecule has 0 saturated heterocycles. The number of nitrogens with two attached hydrogens (primary N) is 1. The van der Waals surface area contributed by atoms with E-state index in [1.54, 1.807) is 6.92 Å². The quantitative estimate of drug-likeness (QED) is 0.172. The number of alkyl halides is 1. The number of nitrogens with zero attached hydrogens (tertiary/aromatic N) is 1. The molecule has 0 aliphatic carbocycles. The highest BCUT2D eigenvalue weighted by Gasteiger charge is 2.16. The van der Waals surface area contributed by atoms with E-state index in [9.17, 15) is 4.79 Å². The van der Waals surface area contributed by atoms with Gasteiger partial charge in [0.05, 0.1) is 5.84 Å². The second-order valence-corrected chi connectivity index (χ2v) is 3.86. The summed E-state index contributed by atoms with van der Waals surface area (Å²) in [7, 11) is 2.31. The topological polar surface area (TPSA) is 76.7 Å². The fourth-order valence-corrected chi connectivity index (χ4v) is 1.55. The number of amidine groups is 1. The Bertz CT molecular complexity index is 235. The van der Waals surface area contributed by atoms with Crippen molar-refractivity contribution in [3.05, 3.63) is 0 Å². The van der Waals surface area contributed by atoms with E-state index in [2.05, 4.69) is 19.5 Å². The molecule has 2 atom stereocenters. The van der Waals surface area contributed by atoms with Gasteiger partial charge in [-0.2, -0.15) is 0 Å². The van der Waals surface area contributed by atoms with Crippen LogP contribution in [-0.4, -0.2) is 30.5 Å². The smallest absolute Gasteiger partial charge is 0.324 e. The van der Waals surface area contributed by atoms with E-state index in [-0.39, 0.29) is 18.1 Å². The molecule has 1 unspecified atom stereocenters. The highest BCUT2D eigenvalue weighted by Crippen LogP contribution is 2.05. The molecule has 0 rings (SSSR count). The number of hydrogen-bond acceptors (Lipinski definition) is 4. The van der Waals surface area contributed by atoms with E-state index in [0.29, 0.717) is 18.8 Å². The summed E-state index contributed by atoms with van der Waals surface area (Å²) in [5, 5.41) is 2.81. The van der Waals surface area contributed by atoms with E-state index in [4.69, 9.17) is 22.1 Å². The Morgan fingerprint density at radius 2 is 2.31 bits per heavy atom. The van der Waals surface area contributed by atoms with Crippen molar-refractivity contribution in [3.63, 3.8) is 0 Å². The zero-order valence-electron chi connectivity index (χ0n) is 9.41. The lowest BCUT2D eigenvalue weighted by molar-refractivity contribution is -0.143. The summed E-state index contributed by atoms with van der Waals surface area (Å²) in [6, 6.07) is -0.440. The second-order valence-electron chi connectivity index (χ2n) is 3.31. The van der Waals surface area contributed by atoms with Crippen molar-refractivity contribution in [1.82, 2.24) is 5.09 Å². The Hall–Kier alpha value is -0.380. The summed E-state index contributed by atoms with van der Waals surface area (Å²) in [5.74, 6) is 0.255. The van der Waals surface area contributed by atoms with Crippen LogP contribution in [0, 0.1) is 0 Å². The third kappa shape index (κ3) is 7.85. The second kappa shape index (κ2) is 9.82. The Labute approximate surface area is 103 Å². The fourth-order valence-electron chi connectivity index (χ4n) is 1.14. The molecular formula is C9H19ClN3O2P. The van der Waals surface area contributed by atoms with Crippen LogP contribution in [0.4, 0.5) is 0 Å². The molecule has 0 aliphatic rings. The summed E-state index contributed by atoms with van der Waals surface area (Å²) >= 11 is 5.31. The van der Waals surface area contributed by atoms with Gasteiger partial charge in [0, 0.05) is 6.54 Å². The minimum atomic E-state index is -0.330. The molecular weight excluding hydrogens is 249 g/mol. The highest BCUT2D eigenvalue weighted by molar-refractivity contribution is 7.13. The van der Waals surface area contributed by atoms with Crippen molar-refractivity contribution < 1.29 is 9.53 Å². The van der Waals surface area contributed by atoms with Crippen LogP contribution in [0.2, 0.25) is 0 Å². The van der Waals surface area contributed by atoms with Crippen molar-refractivity contribution in [2.24, 2.45) is 10.7 Å². The van der Waals surface area contributed by atoms with Gasteiger partial charge in [-0.15, -0.1) is 0 Å². The summed E-state index contributed by atoms with van der Waals surface area (Å²) in [4.78, 5) is 15.4. The van der Waals surface area contributed by atoms with Crippen LogP contribution < -0.4 is 10.8 Å². The van der Waals surface area contributed by atoms with Gasteiger partial charge in [-0.3, -0.25) is 14.9 Å². The van der Waals surface area contributed by atoms with Crippen LogP contribution >= 0.6 is 21.0 Å². The molecule has 0 aromatic heterocycles. The van der Waals surface area contributed by atoms with Gasteiger partial charge in [0.15, 0.2) is 6.07 Å². The Morgan fingerprint density at radius 1 is 1.62 bits per heavy atom. The molecule has 0 amide bonds. The Kier molecular flexibility index (Phi) is 9.59. The maximum atomic E-state index is 11.3. The van der Waals surface area contributed by atoms with Crippen molar-refractivity contribution in [3.8, 4) is 0 Å². The predicted octanol–water partition coefficient (Wildman–Crippen LogP) is 1.02. The van der Waals surface area contributed by atoms with Gasteiger partial charge >= 0.3 is 5.97 Å². The monoisotopic (exact) mass is 267 g/mol. The molecule has 0 radical (unpaired) electrons. The number of unbranched alkanes of at least 4 members (excludes halogenated alkanes) is 1. The fraction of sp³-hybridized carbons (Fsp3) is 0.778. The molecule has 94 valence electrons. The summed E-state index contributed by atoms with van der Waals surface area (Å²) in [6.07, 6.45) is 2.46. The van der Waals surface area contributed by atoms with Crippen LogP contribution in [0.3, 0.4) is 0 Å². The normalized spacial score (nSPS) is 13.6. The molecule has 3 N–H and O–H groups in total. The Balaban J connectivity index is 3.71. The van der Waals surface area contributed by atoms with Gasteiger partial charge in [-0.05, 0) is 26.2 Å². The summed E-state index contributed by atoms with van der Waals surface area (Å²) in [5.41, 5.74) is 5.39. The third-order valence-corrected chi connectivity index (χ3v) is 2.46. The lowest BCUT2D eigenvalue weighted by Crippen LogP contribution is -2.32. The highest BCUT2D eigenvalue weighted by atomic mass is 35.5. The van der Waals surface area contributed by atoms with Crippen LogP contribution in [0.1, 0.15) is 26.2 Å². The van der Waals surface area contributed by atoms with E-state index >= 15 is 0 Å². The molecule has 0 spiro atoms. The number of aliphatic imine (C=N–C) groups is 1. The minimum absolute atomic E-state index is 0.113. The average molecular weight is 268 g/mol. The van der Waals surface area contributed by atoms with Gasteiger partial charge in [0.25, 0.3) is 0 Å². The van der Waals surface area contributed by atoms with Gasteiger partial charge in [-0.1, -0.05) is 21.0 Å². The zero-order chi connectivity index (χ0) is 12.4. The molecule has 0 fully saturated rings. The van der Waals surface area contributed by atoms with Crippen molar-refractivity contribution in [1.29, 1.82) is 0 Å². The molecule has 0 bridgehead atoms. The molecule has 0 saturated carbocycles. The number of ether oxygens (including phenoxy) is 1. The van der Waals surface area contributed by atoms with Crippen LogP contribution in [0.15, 0.2) is 4.99 Å². The number of halogens is 1. The molecule has 0 aliphatic heterocycles. The van der Waals surface area contributed by atoms with E-state index < -0.39 is 0 Å². The van der Waals surface area contributed by atoms with Crippen molar-refractivity contribution in [2.75, 3.05) is 12.6 Å². The minimum Gasteiger partial charge on any atom is -0.448 e. The number of hydrogen-bond donors (Lipinski definition) is 2. The first-order valence-electron chi connectivity index (χ1n) is 5.07. The maximum Gasteiger partial charge on any atom is 0.324 e. The van der Waals surface area contributed by atoms with Crippen molar-refractivity contribution >= 4 is 32.8 Å². The number of esters is 1. The van der Waals surface area contributed by atoms with E-state index in [1.807, 2.05) is 0 Å². The zero-order valence-corrected chi connectivity index (χ0v) is 11.3. The first-order valence-corrected chi connectivity index (χ1v) is 6.18. The lowest BCUT2D eigenvalue weighted by atomic mass is 10.1. The van der Waals surface area contributed by atoms with Crippen LogP contribution in [0.25, 0.3) is 0 Å². The molecule has 7 heteroatoms. The summed E-state index contributed by atoms with van der Waals surface area (Å²) in [6.45, 7) is 2.45. The van der Waals surface area contributed by atoms with E-state index in [1.165, 1.54) is 0 Å². The number of rotatable bonds is 8.